The molecule has 0 atom stereocenters. The summed E-state index contributed by atoms with van der Waals surface area (Å²) < 4.78 is 0. The molecule has 2 rings (SSSR count). The van der Waals surface area contributed by atoms with Gasteiger partial charge in [0.05, 0.1) is 11.6 Å². The van der Waals surface area contributed by atoms with Gasteiger partial charge in [0, 0.05) is 38.4 Å². The highest BCUT2D eigenvalue weighted by Crippen LogP contribution is 2.22. The van der Waals surface area contributed by atoms with Crippen LogP contribution in [0.2, 0.25) is 0 Å². The molecule has 0 unspecified atom stereocenters. The van der Waals surface area contributed by atoms with Crippen molar-refractivity contribution in [3.8, 4) is 6.07 Å². The summed E-state index contributed by atoms with van der Waals surface area (Å²) in [7, 11) is 0. The van der Waals surface area contributed by atoms with E-state index < -0.39 is 0 Å². The van der Waals surface area contributed by atoms with Crippen molar-refractivity contribution in [1.82, 2.24) is 10.2 Å². The first kappa shape index (κ1) is 13.5. The lowest BCUT2D eigenvalue weighted by Crippen LogP contribution is -2.43. The van der Waals surface area contributed by atoms with Crippen LogP contribution in [0.5, 0.6) is 0 Å². The van der Waals surface area contributed by atoms with Crippen LogP contribution in [0.15, 0.2) is 12.1 Å². The van der Waals surface area contributed by atoms with Gasteiger partial charge in [0.25, 0.3) is 0 Å². The van der Waals surface area contributed by atoms with Crippen molar-refractivity contribution >= 4 is 12.1 Å². The van der Waals surface area contributed by atoms with E-state index in [0.29, 0.717) is 12.0 Å². The predicted molar refractivity (Wildman–Crippen MR) is 73.7 cm³/mol. The van der Waals surface area contributed by atoms with Gasteiger partial charge in [0.15, 0.2) is 0 Å². The van der Waals surface area contributed by atoms with Crippen molar-refractivity contribution in [3.63, 3.8) is 0 Å². The lowest BCUT2D eigenvalue weighted by molar-refractivity contribution is -0.105. The minimum Gasteiger partial charge on any atom is -0.328 e. The molecule has 19 heavy (non-hydrogen) atoms. The molecule has 0 spiro atoms. The number of amides is 1. The van der Waals surface area contributed by atoms with Gasteiger partial charge in [-0.3, -0.25) is 9.69 Å². The number of nitriles is 1. The summed E-state index contributed by atoms with van der Waals surface area (Å²) in [4.78, 5) is 13.0. The molecule has 1 aromatic rings. The second-order valence-electron chi connectivity index (χ2n) is 4.71. The number of rotatable bonds is 4. The first-order valence-electron chi connectivity index (χ1n) is 6.41. The van der Waals surface area contributed by atoms with Crippen LogP contribution in [0.4, 0.5) is 5.69 Å². The fraction of sp³-hybridized carbons (Fsp3) is 0.429. The molecule has 2 N–H and O–H groups in total. The van der Waals surface area contributed by atoms with Crippen LogP contribution in [-0.2, 0) is 11.3 Å². The highest BCUT2D eigenvalue weighted by Gasteiger charge is 2.13. The number of nitrogens with one attached hydrogen (secondary N) is 2. The third kappa shape index (κ3) is 3.31. The molecule has 0 aromatic heterocycles. The van der Waals surface area contributed by atoms with E-state index in [4.69, 9.17) is 5.26 Å². The number of hydrogen-bond donors (Lipinski definition) is 2. The van der Waals surface area contributed by atoms with Gasteiger partial charge in [0.2, 0.25) is 6.41 Å². The van der Waals surface area contributed by atoms with E-state index in [-0.39, 0.29) is 0 Å². The summed E-state index contributed by atoms with van der Waals surface area (Å²) in [5, 5.41) is 15.0. The minimum atomic E-state index is 0.583. The number of piperazine rings is 1. The zero-order valence-corrected chi connectivity index (χ0v) is 11.1. The molecule has 1 fully saturated rings. The van der Waals surface area contributed by atoms with Crippen LogP contribution in [-0.4, -0.2) is 37.5 Å². The Bertz CT molecular complexity index is 501. The van der Waals surface area contributed by atoms with Crippen LogP contribution in [0, 0.1) is 18.3 Å². The van der Waals surface area contributed by atoms with Crippen molar-refractivity contribution in [2.75, 3.05) is 31.5 Å². The number of nitrogens with zero attached hydrogens (tertiary/aromatic N) is 2. The van der Waals surface area contributed by atoms with Crippen molar-refractivity contribution < 1.29 is 4.79 Å². The highest BCUT2D eigenvalue weighted by molar-refractivity contribution is 5.75. The second kappa shape index (κ2) is 6.32. The van der Waals surface area contributed by atoms with Gasteiger partial charge >= 0.3 is 0 Å². The molecular formula is C14H18N4O. The SMILES string of the molecule is Cc1c(CN2CCNCC2)cc(C#N)cc1NC=O. The van der Waals surface area contributed by atoms with E-state index in [9.17, 15) is 4.79 Å². The van der Waals surface area contributed by atoms with Gasteiger partial charge in [-0.05, 0) is 30.2 Å². The van der Waals surface area contributed by atoms with Gasteiger partial charge in [0.1, 0.15) is 0 Å². The van der Waals surface area contributed by atoms with Gasteiger partial charge in [-0.25, -0.2) is 0 Å². The van der Waals surface area contributed by atoms with Gasteiger partial charge in [-0.1, -0.05) is 0 Å². The van der Waals surface area contributed by atoms with Crippen molar-refractivity contribution in [1.29, 1.82) is 5.26 Å². The van der Waals surface area contributed by atoms with E-state index >= 15 is 0 Å². The maximum atomic E-state index is 10.6. The molecule has 1 aliphatic rings. The fourth-order valence-corrected chi connectivity index (χ4v) is 2.33. The molecule has 0 saturated carbocycles. The molecule has 5 nitrogen and oxygen atoms in total. The molecule has 0 bridgehead atoms. The lowest BCUT2D eigenvalue weighted by atomic mass is 10.0. The van der Waals surface area contributed by atoms with Gasteiger partial charge < -0.3 is 10.6 Å². The molecule has 1 aliphatic heterocycles. The van der Waals surface area contributed by atoms with E-state index in [1.54, 1.807) is 6.07 Å². The van der Waals surface area contributed by atoms with E-state index in [0.717, 1.165) is 49.5 Å². The Balaban J connectivity index is 2.24. The Labute approximate surface area is 113 Å². The summed E-state index contributed by atoms with van der Waals surface area (Å²) in [5.74, 6) is 0. The number of benzene rings is 1. The van der Waals surface area contributed by atoms with E-state index in [1.807, 2.05) is 13.0 Å². The molecule has 0 radical (unpaired) electrons. The summed E-state index contributed by atoms with van der Waals surface area (Å²) in [5.41, 5.74) is 3.44. The second-order valence-corrected chi connectivity index (χ2v) is 4.71. The van der Waals surface area contributed by atoms with Crippen molar-refractivity contribution in [2.24, 2.45) is 0 Å². The standard InChI is InChI=1S/C14H18N4O/c1-11-13(9-18-4-2-16-3-5-18)6-12(8-15)7-14(11)17-10-19/h6-7,10,16H,2-5,9H2,1H3,(H,17,19). The van der Waals surface area contributed by atoms with Gasteiger partial charge in [-0.15, -0.1) is 0 Å². The maximum absolute atomic E-state index is 10.6. The quantitative estimate of drug-likeness (QED) is 0.785. The summed E-state index contributed by atoms with van der Waals surface area (Å²) in [6.45, 7) is 6.80. The zero-order valence-electron chi connectivity index (χ0n) is 11.1. The minimum absolute atomic E-state index is 0.583. The predicted octanol–water partition coefficient (Wildman–Crippen LogP) is 0.840. The Kier molecular flexibility index (Phi) is 4.50. The number of carbonyl (C=O) groups is 1. The smallest absolute Gasteiger partial charge is 0.211 e. The van der Waals surface area contributed by atoms with E-state index in [2.05, 4.69) is 21.6 Å². The topological polar surface area (TPSA) is 68.2 Å². The molecule has 5 heteroatoms. The van der Waals surface area contributed by atoms with Crippen molar-refractivity contribution in [3.05, 3.63) is 28.8 Å². The molecule has 1 aromatic carbocycles. The van der Waals surface area contributed by atoms with Gasteiger partial charge in [-0.2, -0.15) is 5.26 Å². The number of hydrogen-bond acceptors (Lipinski definition) is 4. The molecule has 1 heterocycles. The van der Waals surface area contributed by atoms with Crippen LogP contribution in [0.25, 0.3) is 0 Å². The summed E-state index contributed by atoms with van der Waals surface area (Å²) >= 11 is 0. The van der Waals surface area contributed by atoms with Crippen LogP contribution in [0.3, 0.4) is 0 Å². The number of anilines is 1. The summed E-state index contributed by atoms with van der Waals surface area (Å²) in [6.07, 6.45) is 0.651. The maximum Gasteiger partial charge on any atom is 0.211 e. The Morgan fingerprint density at radius 1 is 1.47 bits per heavy atom. The number of carbonyl (C=O) groups excluding carboxylic acids is 1. The van der Waals surface area contributed by atoms with Crippen molar-refractivity contribution in [2.45, 2.75) is 13.5 Å². The van der Waals surface area contributed by atoms with Crippen LogP contribution < -0.4 is 10.6 Å². The largest absolute Gasteiger partial charge is 0.328 e. The van der Waals surface area contributed by atoms with Crippen LogP contribution in [0.1, 0.15) is 16.7 Å². The van der Waals surface area contributed by atoms with Crippen LogP contribution >= 0.6 is 0 Å². The first-order chi connectivity index (χ1) is 9.24. The Hall–Kier alpha value is -1.90. The average Bonchev–Trinajstić information content (AvgIpc) is 2.44. The third-order valence-corrected chi connectivity index (χ3v) is 3.46. The third-order valence-electron chi connectivity index (χ3n) is 3.46. The molecule has 1 saturated heterocycles. The lowest BCUT2D eigenvalue weighted by Gasteiger charge is -2.28. The zero-order chi connectivity index (χ0) is 13.7. The highest BCUT2D eigenvalue weighted by atomic mass is 16.1. The molecule has 0 aliphatic carbocycles. The summed E-state index contributed by atoms with van der Waals surface area (Å²) in [6, 6.07) is 5.77. The Morgan fingerprint density at radius 3 is 2.84 bits per heavy atom. The monoisotopic (exact) mass is 258 g/mol. The molecular weight excluding hydrogens is 240 g/mol. The molecule has 1 amide bonds. The molecule has 100 valence electrons. The first-order valence-corrected chi connectivity index (χ1v) is 6.41. The van der Waals surface area contributed by atoms with E-state index in [1.165, 1.54) is 0 Å². The Morgan fingerprint density at radius 2 is 2.21 bits per heavy atom. The average molecular weight is 258 g/mol. The normalized spacial score (nSPS) is 15.8. The fourth-order valence-electron chi connectivity index (χ4n) is 2.33.